The van der Waals surface area contributed by atoms with Crippen molar-refractivity contribution in [1.82, 2.24) is 4.98 Å². The van der Waals surface area contributed by atoms with Crippen LogP contribution in [-0.2, 0) is 6.42 Å². The van der Waals surface area contributed by atoms with Crippen LogP contribution >= 0.6 is 0 Å². The molecule has 1 atom stereocenters. The first-order valence-corrected chi connectivity index (χ1v) is 6.08. The molecule has 0 amide bonds. The molecule has 1 heterocycles. The molecule has 0 aliphatic carbocycles. The maximum absolute atomic E-state index is 12.0. The predicted octanol–water partition coefficient (Wildman–Crippen LogP) is 2.84. The van der Waals surface area contributed by atoms with E-state index >= 15 is 0 Å². The lowest BCUT2D eigenvalue weighted by molar-refractivity contribution is -0.274. The number of anilines is 1. The maximum Gasteiger partial charge on any atom is 0.573 e. The van der Waals surface area contributed by atoms with Crippen molar-refractivity contribution in [3.8, 4) is 5.75 Å². The molecule has 112 valence electrons. The number of rotatable bonds is 4. The van der Waals surface area contributed by atoms with Crippen LogP contribution < -0.4 is 10.5 Å². The molecule has 2 aromatic rings. The number of hydrogen-bond donors (Lipinski definition) is 2. The quantitative estimate of drug-likeness (QED) is 0.910. The van der Waals surface area contributed by atoms with Crippen LogP contribution in [0.2, 0.25) is 0 Å². The number of nitrogen functional groups attached to an aromatic ring is 1. The van der Waals surface area contributed by atoms with Crippen molar-refractivity contribution in [2.45, 2.75) is 18.9 Å². The van der Waals surface area contributed by atoms with Gasteiger partial charge in [0.25, 0.3) is 0 Å². The number of pyridine rings is 1. The second-order valence-corrected chi connectivity index (χ2v) is 4.43. The molecule has 1 aromatic carbocycles. The molecule has 0 fully saturated rings. The van der Waals surface area contributed by atoms with E-state index in [1.165, 1.54) is 18.3 Å². The van der Waals surface area contributed by atoms with Crippen molar-refractivity contribution in [3.63, 3.8) is 0 Å². The monoisotopic (exact) mass is 298 g/mol. The second-order valence-electron chi connectivity index (χ2n) is 4.43. The van der Waals surface area contributed by atoms with Crippen molar-refractivity contribution < 1.29 is 23.0 Å². The van der Waals surface area contributed by atoms with E-state index in [-0.39, 0.29) is 12.2 Å². The Morgan fingerprint density at radius 1 is 1.19 bits per heavy atom. The van der Waals surface area contributed by atoms with Crippen molar-refractivity contribution >= 4 is 5.82 Å². The second kappa shape index (κ2) is 6.01. The first kappa shape index (κ1) is 15.1. The van der Waals surface area contributed by atoms with Crippen molar-refractivity contribution in [2.75, 3.05) is 5.73 Å². The van der Waals surface area contributed by atoms with E-state index in [9.17, 15) is 18.3 Å². The summed E-state index contributed by atoms with van der Waals surface area (Å²) in [4.78, 5) is 3.84. The van der Waals surface area contributed by atoms with Crippen LogP contribution in [0.25, 0.3) is 0 Å². The predicted molar refractivity (Wildman–Crippen MR) is 70.4 cm³/mol. The van der Waals surface area contributed by atoms with Gasteiger partial charge in [-0.15, -0.1) is 13.2 Å². The topological polar surface area (TPSA) is 68.4 Å². The molecule has 0 aliphatic heterocycles. The third-order valence-corrected chi connectivity index (χ3v) is 2.77. The van der Waals surface area contributed by atoms with Crippen molar-refractivity contribution in [2.24, 2.45) is 0 Å². The zero-order valence-corrected chi connectivity index (χ0v) is 10.8. The lowest BCUT2D eigenvalue weighted by Gasteiger charge is -2.13. The molecule has 3 N–H and O–H groups in total. The first-order valence-electron chi connectivity index (χ1n) is 6.08. The van der Waals surface area contributed by atoms with Crippen LogP contribution in [0.15, 0.2) is 42.6 Å². The van der Waals surface area contributed by atoms with Gasteiger partial charge >= 0.3 is 6.36 Å². The van der Waals surface area contributed by atoms with Gasteiger partial charge in [0.15, 0.2) is 0 Å². The molecule has 0 bridgehead atoms. The van der Waals surface area contributed by atoms with E-state index < -0.39 is 12.5 Å². The summed E-state index contributed by atoms with van der Waals surface area (Å²) in [7, 11) is 0. The Kier molecular flexibility index (Phi) is 4.32. The Hall–Kier alpha value is -2.28. The van der Waals surface area contributed by atoms with Gasteiger partial charge in [0, 0.05) is 12.6 Å². The molecule has 0 spiro atoms. The Bertz CT molecular complexity index is 600. The molecular formula is C14H13F3N2O2. The smallest absolute Gasteiger partial charge is 0.406 e. The van der Waals surface area contributed by atoms with Gasteiger partial charge in [0.05, 0.1) is 6.10 Å². The Labute approximate surface area is 119 Å². The van der Waals surface area contributed by atoms with Gasteiger partial charge in [-0.3, -0.25) is 0 Å². The molecule has 0 radical (unpaired) electrons. The Balaban J connectivity index is 2.04. The minimum absolute atomic E-state index is 0.284. The maximum atomic E-state index is 12.0. The number of nitrogens with two attached hydrogens (primary N) is 1. The van der Waals surface area contributed by atoms with Crippen LogP contribution in [0.3, 0.4) is 0 Å². The molecule has 2 rings (SSSR count). The highest BCUT2D eigenvalue weighted by Crippen LogP contribution is 2.25. The number of aromatic nitrogens is 1. The van der Waals surface area contributed by atoms with Crippen molar-refractivity contribution in [3.05, 3.63) is 53.7 Å². The average Bonchev–Trinajstić information content (AvgIpc) is 2.37. The summed E-state index contributed by atoms with van der Waals surface area (Å²) in [5.74, 6) is 0.0141. The van der Waals surface area contributed by atoms with Gasteiger partial charge in [-0.2, -0.15) is 0 Å². The zero-order chi connectivity index (χ0) is 15.5. The molecule has 21 heavy (non-hydrogen) atoms. The van der Waals surface area contributed by atoms with Crippen LogP contribution in [-0.4, -0.2) is 16.5 Å². The average molecular weight is 298 g/mol. The largest absolute Gasteiger partial charge is 0.573 e. The van der Waals surface area contributed by atoms with E-state index in [4.69, 9.17) is 5.73 Å². The van der Waals surface area contributed by atoms with E-state index in [0.717, 1.165) is 17.7 Å². The van der Waals surface area contributed by atoms with E-state index in [1.54, 1.807) is 12.1 Å². The van der Waals surface area contributed by atoms with Gasteiger partial charge in [-0.05, 0) is 35.4 Å². The number of halogens is 3. The molecule has 0 saturated carbocycles. The number of hydrogen-bond acceptors (Lipinski definition) is 4. The minimum Gasteiger partial charge on any atom is -0.406 e. The van der Waals surface area contributed by atoms with Crippen molar-refractivity contribution in [1.29, 1.82) is 0 Å². The van der Waals surface area contributed by atoms with E-state index in [1.807, 2.05) is 0 Å². The van der Waals surface area contributed by atoms with Crippen LogP contribution in [0.5, 0.6) is 5.75 Å². The highest BCUT2D eigenvalue weighted by Gasteiger charge is 2.31. The summed E-state index contributed by atoms with van der Waals surface area (Å²) in [5, 5.41) is 10.1. The third kappa shape index (κ3) is 4.64. The summed E-state index contributed by atoms with van der Waals surface area (Å²) in [6.07, 6.45) is -3.77. The number of aliphatic hydroxyl groups excluding tert-OH is 1. The van der Waals surface area contributed by atoms with Gasteiger partial charge in [-0.1, -0.05) is 12.1 Å². The molecule has 4 nitrogen and oxygen atoms in total. The third-order valence-electron chi connectivity index (χ3n) is 2.77. The summed E-state index contributed by atoms with van der Waals surface area (Å²) < 4.78 is 39.9. The zero-order valence-electron chi connectivity index (χ0n) is 10.8. The molecule has 1 unspecified atom stereocenters. The summed E-state index contributed by atoms with van der Waals surface area (Å²) in [5.41, 5.74) is 6.80. The number of alkyl halides is 3. The standard InChI is InChI=1S/C14H13F3N2O2/c15-14(16,17)21-11-3-1-10(2-4-11)12(20)7-9-5-6-19-13(18)8-9/h1-6,8,12,20H,7H2,(H2,18,19). The fraction of sp³-hybridized carbons (Fsp3) is 0.214. The highest BCUT2D eigenvalue weighted by molar-refractivity contribution is 5.34. The Morgan fingerprint density at radius 2 is 1.86 bits per heavy atom. The van der Waals surface area contributed by atoms with Gasteiger partial charge in [-0.25, -0.2) is 4.98 Å². The lowest BCUT2D eigenvalue weighted by atomic mass is 10.0. The SMILES string of the molecule is Nc1cc(CC(O)c2ccc(OC(F)(F)F)cc2)ccn1. The molecular weight excluding hydrogens is 285 g/mol. The highest BCUT2D eigenvalue weighted by atomic mass is 19.4. The minimum atomic E-state index is -4.73. The molecule has 0 saturated heterocycles. The number of aliphatic hydroxyl groups is 1. The summed E-state index contributed by atoms with van der Waals surface area (Å²) in [6, 6.07) is 8.43. The first-order chi connectivity index (χ1) is 9.83. The van der Waals surface area contributed by atoms with Gasteiger partial charge in [0.2, 0.25) is 0 Å². The molecule has 0 aliphatic rings. The summed E-state index contributed by atoms with van der Waals surface area (Å²) >= 11 is 0. The van der Waals surface area contributed by atoms with Gasteiger partial charge < -0.3 is 15.6 Å². The normalized spacial score (nSPS) is 13.0. The van der Waals surface area contributed by atoms with E-state index in [2.05, 4.69) is 9.72 Å². The van der Waals surface area contributed by atoms with Crippen LogP contribution in [0, 0.1) is 0 Å². The molecule has 7 heteroatoms. The van der Waals surface area contributed by atoms with Crippen LogP contribution in [0.4, 0.5) is 19.0 Å². The lowest BCUT2D eigenvalue weighted by Crippen LogP contribution is -2.17. The Morgan fingerprint density at radius 3 is 2.43 bits per heavy atom. The number of nitrogens with zero attached hydrogens (tertiary/aromatic N) is 1. The fourth-order valence-electron chi connectivity index (χ4n) is 1.85. The number of ether oxygens (including phenoxy) is 1. The summed E-state index contributed by atoms with van der Waals surface area (Å²) in [6.45, 7) is 0. The van der Waals surface area contributed by atoms with Crippen LogP contribution in [0.1, 0.15) is 17.2 Å². The number of benzene rings is 1. The molecule has 1 aromatic heterocycles. The fourth-order valence-corrected chi connectivity index (χ4v) is 1.85. The van der Waals surface area contributed by atoms with E-state index in [0.29, 0.717) is 11.4 Å². The van der Waals surface area contributed by atoms with Gasteiger partial charge in [0.1, 0.15) is 11.6 Å².